The Balaban J connectivity index is 1.46. The number of carboxylic acids is 1. The number of aryl methyl sites for hydroxylation is 1. The number of nitrogens with zero attached hydrogens (tertiary/aromatic N) is 4. The molecular formula is C22H25F3N4O2. The maximum atomic E-state index is 12.1. The molecule has 0 aliphatic rings. The van der Waals surface area contributed by atoms with Gasteiger partial charge in [0.2, 0.25) is 0 Å². The summed E-state index contributed by atoms with van der Waals surface area (Å²) in [6.07, 6.45) is 5.75. The fraction of sp³-hybridized carbons (Fsp3) is 0.455. The fourth-order valence-corrected chi connectivity index (χ4v) is 3.47. The lowest BCUT2D eigenvalue weighted by Crippen LogP contribution is -2.06. The van der Waals surface area contributed by atoms with E-state index in [0.29, 0.717) is 17.8 Å². The van der Waals surface area contributed by atoms with Gasteiger partial charge in [-0.3, -0.25) is 14.6 Å². The third-order valence-electron chi connectivity index (χ3n) is 5.13. The Bertz CT molecular complexity index is 1020. The molecule has 0 aromatic carbocycles. The van der Waals surface area contributed by atoms with Gasteiger partial charge in [-0.15, -0.1) is 0 Å². The van der Waals surface area contributed by atoms with E-state index < -0.39 is 18.6 Å². The van der Waals surface area contributed by atoms with Crippen molar-refractivity contribution in [3.05, 3.63) is 42.4 Å². The standard InChI is InChI=1S/C22H25F3N4O2/c23-22(24,25)9-6-4-2-1-3-5-7-11-29-20-15-27-19(13-17(20)14-28-29)18-12-16(21(30)31)8-10-26-18/h8,10,12-15H,1-7,9,11H2,(H,30,31). The molecule has 0 atom stereocenters. The van der Waals surface area contributed by atoms with E-state index in [0.717, 1.165) is 49.6 Å². The van der Waals surface area contributed by atoms with Crippen molar-refractivity contribution in [2.24, 2.45) is 0 Å². The number of aromatic carboxylic acids is 1. The van der Waals surface area contributed by atoms with Gasteiger partial charge in [0.15, 0.2) is 0 Å². The summed E-state index contributed by atoms with van der Waals surface area (Å²) in [6, 6.07) is 4.77. The zero-order valence-electron chi connectivity index (χ0n) is 17.1. The second-order valence-corrected chi connectivity index (χ2v) is 7.57. The molecule has 0 bridgehead atoms. The van der Waals surface area contributed by atoms with Crippen molar-refractivity contribution >= 4 is 16.9 Å². The molecule has 0 fully saturated rings. The van der Waals surface area contributed by atoms with Gasteiger partial charge in [0, 0.05) is 24.5 Å². The zero-order valence-corrected chi connectivity index (χ0v) is 17.1. The number of carboxylic acid groups (broad SMARTS) is 1. The monoisotopic (exact) mass is 434 g/mol. The molecule has 0 aliphatic heterocycles. The second-order valence-electron chi connectivity index (χ2n) is 7.57. The van der Waals surface area contributed by atoms with E-state index in [1.54, 1.807) is 12.4 Å². The topological polar surface area (TPSA) is 80.9 Å². The fourth-order valence-electron chi connectivity index (χ4n) is 3.47. The third-order valence-corrected chi connectivity index (χ3v) is 5.13. The van der Waals surface area contributed by atoms with Crippen LogP contribution < -0.4 is 0 Å². The summed E-state index contributed by atoms with van der Waals surface area (Å²) in [5.41, 5.74) is 2.12. The molecule has 3 aromatic heterocycles. The molecule has 0 saturated heterocycles. The average molecular weight is 434 g/mol. The van der Waals surface area contributed by atoms with Crippen LogP contribution in [-0.2, 0) is 6.54 Å². The first kappa shape index (κ1) is 22.7. The van der Waals surface area contributed by atoms with Crippen molar-refractivity contribution in [3.63, 3.8) is 0 Å². The predicted molar refractivity (Wildman–Crippen MR) is 111 cm³/mol. The minimum atomic E-state index is -4.04. The lowest BCUT2D eigenvalue weighted by atomic mass is 10.1. The molecule has 31 heavy (non-hydrogen) atoms. The molecule has 0 aliphatic carbocycles. The SMILES string of the molecule is O=C(O)c1ccnc(-c2cc3cnn(CCCCCCCCCC(F)(F)F)c3cn2)c1. The molecule has 3 aromatic rings. The highest BCUT2D eigenvalue weighted by atomic mass is 19.4. The molecule has 1 N–H and O–H groups in total. The summed E-state index contributed by atoms with van der Waals surface area (Å²) < 4.78 is 38.2. The number of fused-ring (bicyclic) bond motifs is 1. The molecule has 9 heteroatoms. The van der Waals surface area contributed by atoms with Crippen LogP contribution >= 0.6 is 0 Å². The molecule has 6 nitrogen and oxygen atoms in total. The van der Waals surface area contributed by atoms with Gasteiger partial charge in [0.25, 0.3) is 0 Å². The summed E-state index contributed by atoms with van der Waals surface area (Å²) in [5, 5.41) is 14.4. The van der Waals surface area contributed by atoms with Gasteiger partial charge in [0.1, 0.15) is 0 Å². The van der Waals surface area contributed by atoms with Crippen LogP contribution in [0, 0.1) is 0 Å². The lowest BCUT2D eigenvalue weighted by Gasteiger charge is -2.06. The number of alkyl halides is 3. The Morgan fingerprint density at radius 3 is 2.32 bits per heavy atom. The van der Waals surface area contributed by atoms with Crippen molar-refractivity contribution in [1.29, 1.82) is 0 Å². The van der Waals surface area contributed by atoms with E-state index in [-0.39, 0.29) is 12.0 Å². The molecule has 3 heterocycles. The summed E-state index contributed by atoms with van der Waals surface area (Å²) in [5.74, 6) is -1.01. The van der Waals surface area contributed by atoms with E-state index in [1.165, 1.54) is 18.3 Å². The summed E-state index contributed by atoms with van der Waals surface area (Å²) in [7, 11) is 0. The minimum absolute atomic E-state index is 0.156. The Hall–Kier alpha value is -2.97. The van der Waals surface area contributed by atoms with E-state index in [1.807, 2.05) is 10.7 Å². The maximum absolute atomic E-state index is 12.1. The van der Waals surface area contributed by atoms with E-state index in [2.05, 4.69) is 15.1 Å². The van der Waals surface area contributed by atoms with Crippen molar-refractivity contribution < 1.29 is 23.1 Å². The van der Waals surface area contributed by atoms with Crippen LogP contribution in [0.5, 0.6) is 0 Å². The van der Waals surface area contributed by atoms with Crippen LogP contribution in [0.1, 0.15) is 61.7 Å². The van der Waals surface area contributed by atoms with Crippen LogP contribution in [0.2, 0.25) is 0 Å². The molecule has 0 saturated carbocycles. The number of hydrogen-bond acceptors (Lipinski definition) is 4. The lowest BCUT2D eigenvalue weighted by molar-refractivity contribution is -0.135. The van der Waals surface area contributed by atoms with Gasteiger partial charge in [-0.1, -0.05) is 32.1 Å². The Labute approximate surface area is 178 Å². The number of hydrogen-bond donors (Lipinski definition) is 1. The molecule has 166 valence electrons. The van der Waals surface area contributed by atoms with Crippen LogP contribution in [0.3, 0.4) is 0 Å². The van der Waals surface area contributed by atoms with Crippen molar-refractivity contribution in [2.45, 2.75) is 64.1 Å². The minimum Gasteiger partial charge on any atom is -0.478 e. The molecule has 0 spiro atoms. The smallest absolute Gasteiger partial charge is 0.389 e. The average Bonchev–Trinajstić information content (AvgIpc) is 3.14. The predicted octanol–water partition coefficient (Wildman–Crippen LogP) is 5.87. The number of rotatable bonds is 11. The highest BCUT2D eigenvalue weighted by Gasteiger charge is 2.25. The van der Waals surface area contributed by atoms with E-state index in [4.69, 9.17) is 5.11 Å². The Morgan fingerprint density at radius 2 is 1.61 bits per heavy atom. The normalized spacial score (nSPS) is 11.8. The first-order valence-electron chi connectivity index (χ1n) is 10.4. The van der Waals surface area contributed by atoms with Gasteiger partial charge in [-0.2, -0.15) is 18.3 Å². The van der Waals surface area contributed by atoms with Gasteiger partial charge in [0.05, 0.1) is 34.9 Å². The van der Waals surface area contributed by atoms with Crippen molar-refractivity contribution in [3.8, 4) is 11.4 Å². The number of aromatic nitrogens is 4. The van der Waals surface area contributed by atoms with Gasteiger partial charge >= 0.3 is 12.1 Å². The molecule has 0 unspecified atom stereocenters. The third kappa shape index (κ3) is 6.77. The van der Waals surface area contributed by atoms with Crippen molar-refractivity contribution in [2.75, 3.05) is 0 Å². The first-order chi connectivity index (χ1) is 14.8. The Kier molecular flexibility index (Phi) is 7.59. The molecular weight excluding hydrogens is 409 g/mol. The molecule has 3 rings (SSSR count). The van der Waals surface area contributed by atoms with Crippen LogP contribution in [-0.4, -0.2) is 37.0 Å². The highest BCUT2D eigenvalue weighted by Crippen LogP contribution is 2.24. The van der Waals surface area contributed by atoms with Crippen LogP contribution in [0.25, 0.3) is 22.3 Å². The first-order valence-corrected chi connectivity index (χ1v) is 10.4. The van der Waals surface area contributed by atoms with Gasteiger partial charge < -0.3 is 5.11 Å². The largest absolute Gasteiger partial charge is 0.478 e. The number of pyridine rings is 2. The quantitative estimate of drug-likeness (QED) is 0.382. The number of halogens is 3. The molecule has 0 amide bonds. The molecule has 0 radical (unpaired) electrons. The van der Waals surface area contributed by atoms with E-state index >= 15 is 0 Å². The van der Waals surface area contributed by atoms with Gasteiger partial charge in [-0.05, 0) is 31.0 Å². The van der Waals surface area contributed by atoms with Crippen LogP contribution in [0.4, 0.5) is 13.2 Å². The van der Waals surface area contributed by atoms with Gasteiger partial charge in [-0.25, -0.2) is 4.79 Å². The maximum Gasteiger partial charge on any atom is 0.389 e. The highest BCUT2D eigenvalue weighted by molar-refractivity contribution is 5.89. The summed E-state index contributed by atoms with van der Waals surface area (Å²) >= 11 is 0. The van der Waals surface area contributed by atoms with Crippen molar-refractivity contribution in [1.82, 2.24) is 19.7 Å². The number of unbranched alkanes of at least 4 members (excludes halogenated alkanes) is 6. The zero-order chi connectivity index (χ0) is 22.3. The second kappa shape index (κ2) is 10.4. The van der Waals surface area contributed by atoms with E-state index in [9.17, 15) is 18.0 Å². The summed E-state index contributed by atoms with van der Waals surface area (Å²) in [6.45, 7) is 0.741. The van der Waals surface area contributed by atoms with Crippen LogP contribution in [0.15, 0.2) is 36.8 Å². The Morgan fingerprint density at radius 1 is 0.935 bits per heavy atom. The number of carbonyl (C=O) groups is 1. The summed E-state index contributed by atoms with van der Waals surface area (Å²) in [4.78, 5) is 19.8.